The van der Waals surface area contributed by atoms with E-state index in [4.69, 9.17) is 4.74 Å². The van der Waals surface area contributed by atoms with Crippen LogP contribution in [0.5, 0.6) is 0 Å². The molecule has 0 saturated carbocycles. The molecule has 0 N–H and O–H groups in total. The van der Waals surface area contributed by atoms with Gasteiger partial charge in [0.15, 0.2) is 0 Å². The fraction of sp³-hybridized carbons (Fsp3) is 0.333. The number of methoxy groups -OCH3 is 1. The van der Waals surface area contributed by atoms with E-state index < -0.39 is 6.04 Å². The van der Waals surface area contributed by atoms with Crippen LogP contribution in [0, 0.1) is 0 Å². The molecule has 2 aliphatic heterocycles. The molecule has 1 atom stereocenters. The van der Waals surface area contributed by atoms with Gasteiger partial charge in [0.2, 0.25) is 5.91 Å². The molecular weight excluding hydrogens is 364 g/mol. The number of rotatable bonds is 4. The monoisotopic (exact) mass is 390 g/mol. The molecule has 0 fully saturated rings. The first kappa shape index (κ1) is 19.4. The van der Waals surface area contributed by atoms with Gasteiger partial charge < -0.3 is 9.64 Å². The van der Waals surface area contributed by atoms with E-state index in [9.17, 15) is 9.59 Å². The third-order valence-corrected chi connectivity index (χ3v) is 5.86. The average molecular weight is 390 g/mol. The summed E-state index contributed by atoms with van der Waals surface area (Å²) in [5, 5.41) is 0. The van der Waals surface area contributed by atoms with Crippen LogP contribution in [-0.4, -0.2) is 54.5 Å². The van der Waals surface area contributed by atoms with Gasteiger partial charge >= 0.3 is 5.97 Å². The first-order chi connectivity index (χ1) is 14.2. The van der Waals surface area contributed by atoms with E-state index >= 15 is 0 Å². The van der Waals surface area contributed by atoms with Gasteiger partial charge in [-0.3, -0.25) is 14.5 Å². The fourth-order valence-electron chi connectivity index (χ4n) is 4.20. The smallest absolute Gasteiger partial charge is 0.323 e. The lowest BCUT2D eigenvalue weighted by atomic mass is 9.94. The first-order valence-electron chi connectivity index (χ1n) is 10.1. The minimum absolute atomic E-state index is 0.0571. The minimum atomic E-state index is -0.418. The highest BCUT2D eigenvalue weighted by Gasteiger charge is 2.34. The lowest BCUT2D eigenvalue weighted by molar-refractivity contribution is -0.149. The second kappa shape index (κ2) is 8.62. The molecule has 2 heterocycles. The van der Waals surface area contributed by atoms with Crippen LogP contribution in [0.2, 0.25) is 0 Å². The number of carbonyl (C=O) groups is 2. The average Bonchev–Trinajstić information content (AvgIpc) is 2.78. The summed E-state index contributed by atoms with van der Waals surface area (Å²) >= 11 is 0. The summed E-state index contributed by atoms with van der Waals surface area (Å²) in [5.41, 5.74) is 4.83. The van der Waals surface area contributed by atoms with Crippen molar-refractivity contribution in [3.05, 3.63) is 77.4 Å². The SMILES string of the molecule is COC(=O)[C@@H]1Cc2ccccc2CN1CC(=O)N1CC=C(c2ccccc2)CC1. The summed E-state index contributed by atoms with van der Waals surface area (Å²) < 4.78 is 5.01. The normalized spacial score (nSPS) is 19.3. The van der Waals surface area contributed by atoms with Crippen LogP contribution in [-0.2, 0) is 27.3 Å². The van der Waals surface area contributed by atoms with Gasteiger partial charge in [-0.25, -0.2) is 0 Å². The van der Waals surface area contributed by atoms with Crippen molar-refractivity contribution in [1.29, 1.82) is 0 Å². The van der Waals surface area contributed by atoms with Crippen LogP contribution in [0.3, 0.4) is 0 Å². The molecule has 0 bridgehead atoms. The van der Waals surface area contributed by atoms with Crippen molar-refractivity contribution in [2.45, 2.75) is 25.4 Å². The molecule has 0 saturated heterocycles. The molecule has 5 heteroatoms. The molecule has 4 rings (SSSR count). The molecular formula is C24H26N2O3. The van der Waals surface area contributed by atoms with Crippen LogP contribution in [0.4, 0.5) is 0 Å². The number of hydrogen-bond acceptors (Lipinski definition) is 4. The van der Waals surface area contributed by atoms with Crippen molar-refractivity contribution in [2.24, 2.45) is 0 Å². The number of esters is 1. The van der Waals surface area contributed by atoms with Crippen molar-refractivity contribution in [3.63, 3.8) is 0 Å². The zero-order chi connectivity index (χ0) is 20.2. The standard InChI is InChI=1S/C24H26N2O3/c1-29-24(28)22-15-20-9-5-6-10-21(20)16-26(22)17-23(27)25-13-11-19(12-14-25)18-7-3-2-4-8-18/h2-11,22H,12-17H2,1H3/t22-/m0/s1. The Labute approximate surface area is 171 Å². The van der Waals surface area contributed by atoms with Gasteiger partial charge in [-0.1, -0.05) is 60.7 Å². The van der Waals surface area contributed by atoms with E-state index in [1.54, 1.807) is 0 Å². The van der Waals surface area contributed by atoms with Crippen molar-refractivity contribution >= 4 is 17.4 Å². The number of amides is 1. The highest BCUT2D eigenvalue weighted by molar-refractivity contribution is 5.82. The highest BCUT2D eigenvalue weighted by atomic mass is 16.5. The zero-order valence-corrected chi connectivity index (χ0v) is 16.7. The van der Waals surface area contributed by atoms with Gasteiger partial charge in [0, 0.05) is 19.6 Å². The summed E-state index contributed by atoms with van der Waals surface area (Å²) in [6.07, 6.45) is 3.56. The Morgan fingerprint density at radius 1 is 1.03 bits per heavy atom. The van der Waals surface area contributed by atoms with Crippen molar-refractivity contribution in [1.82, 2.24) is 9.80 Å². The molecule has 29 heavy (non-hydrogen) atoms. The van der Waals surface area contributed by atoms with Gasteiger partial charge in [0.1, 0.15) is 6.04 Å². The Balaban J connectivity index is 1.44. The van der Waals surface area contributed by atoms with E-state index in [1.165, 1.54) is 23.8 Å². The van der Waals surface area contributed by atoms with E-state index in [-0.39, 0.29) is 18.4 Å². The number of carbonyl (C=O) groups excluding carboxylic acids is 2. The van der Waals surface area contributed by atoms with Gasteiger partial charge in [0.25, 0.3) is 0 Å². The molecule has 2 aromatic rings. The zero-order valence-electron chi connectivity index (χ0n) is 16.7. The predicted octanol–water partition coefficient (Wildman–Crippen LogP) is 2.90. The molecule has 0 unspecified atom stereocenters. The number of nitrogens with zero attached hydrogens (tertiary/aromatic N) is 2. The molecule has 0 aliphatic carbocycles. The maximum absolute atomic E-state index is 13.0. The fourth-order valence-corrected chi connectivity index (χ4v) is 4.20. The molecule has 1 amide bonds. The summed E-state index contributed by atoms with van der Waals surface area (Å²) in [7, 11) is 1.41. The van der Waals surface area contributed by atoms with E-state index in [1.807, 2.05) is 46.2 Å². The number of hydrogen-bond donors (Lipinski definition) is 0. The maximum atomic E-state index is 13.0. The Morgan fingerprint density at radius 2 is 1.76 bits per heavy atom. The largest absolute Gasteiger partial charge is 0.468 e. The van der Waals surface area contributed by atoms with Gasteiger partial charge in [-0.15, -0.1) is 0 Å². The van der Waals surface area contributed by atoms with Crippen LogP contribution < -0.4 is 0 Å². The predicted molar refractivity (Wildman–Crippen MR) is 112 cm³/mol. The molecule has 0 radical (unpaired) electrons. The molecule has 150 valence electrons. The Bertz CT molecular complexity index is 923. The molecule has 2 aromatic carbocycles. The quantitative estimate of drug-likeness (QED) is 0.754. The summed E-state index contributed by atoms with van der Waals surface area (Å²) in [5.74, 6) is -0.223. The van der Waals surface area contributed by atoms with Crippen molar-refractivity contribution in [2.75, 3.05) is 26.7 Å². The Kier molecular flexibility index (Phi) is 5.76. The molecule has 5 nitrogen and oxygen atoms in total. The van der Waals surface area contributed by atoms with Gasteiger partial charge in [-0.05, 0) is 35.1 Å². The molecule has 0 spiro atoms. The Morgan fingerprint density at radius 3 is 2.45 bits per heavy atom. The highest BCUT2D eigenvalue weighted by Crippen LogP contribution is 2.25. The van der Waals surface area contributed by atoms with Crippen molar-refractivity contribution in [3.8, 4) is 0 Å². The molecule has 2 aliphatic rings. The lowest BCUT2D eigenvalue weighted by Crippen LogP contribution is -2.51. The van der Waals surface area contributed by atoms with Gasteiger partial charge in [-0.2, -0.15) is 0 Å². The summed E-state index contributed by atoms with van der Waals surface area (Å²) in [6.45, 7) is 2.12. The molecule has 0 aromatic heterocycles. The topological polar surface area (TPSA) is 49.9 Å². The van der Waals surface area contributed by atoms with E-state index in [0.29, 0.717) is 26.1 Å². The van der Waals surface area contributed by atoms with Crippen LogP contribution in [0.1, 0.15) is 23.1 Å². The number of ether oxygens (including phenoxy) is 1. The third kappa shape index (κ3) is 4.25. The van der Waals surface area contributed by atoms with E-state index in [2.05, 4.69) is 24.3 Å². The summed E-state index contributed by atoms with van der Waals surface area (Å²) in [4.78, 5) is 29.2. The first-order valence-corrected chi connectivity index (χ1v) is 10.1. The summed E-state index contributed by atoms with van der Waals surface area (Å²) in [6, 6.07) is 18.0. The third-order valence-electron chi connectivity index (χ3n) is 5.86. The lowest BCUT2D eigenvalue weighted by Gasteiger charge is -2.36. The number of fused-ring (bicyclic) bond motifs is 1. The van der Waals surface area contributed by atoms with Crippen LogP contribution >= 0.6 is 0 Å². The van der Waals surface area contributed by atoms with E-state index in [0.717, 1.165) is 12.0 Å². The van der Waals surface area contributed by atoms with Crippen molar-refractivity contribution < 1.29 is 14.3 Å². The number of benzene rings is 2. The van der Waals surface area contributed by atoms with Gasteiger partial charge in [0.05, 0.1) is 13.7 Å². The maximum Gasteiger partial charge on any atom is 0.323 e. The Hall–Kier alpha value is -2.92. The second-order valence-electron chi connectivity index (χ2n) is 7.60. The second-order valence-corrected chi connectivity index (χ2v) is 7.60. The van der Waals surface area contributed by atoms with Crippen LogP contribution in [0.25, 0.3) is 5.57 Å². The minimum Gasteiger partial charge on any atom is -0.468 e. The van der Waals surface area contributed by atoms with Crippen LogP contribution in [0.15, 0.2) is 60.7 Å².